The van der Waals surface area contributed by atoms with E-state index in [9.17, 15) is 18.7 Å². The number of azide groups is 1. The molecule has 3 aliphatic heterocycles. The van der Waals surface area contributed by atoms with E-state index in [0.717, 1.165) is 12.7 Å². The van der Waals surface area contributed by atoms with Crippen LogP contribution in [0.15, 0.2) is 54.7 Å². The van der Waals surface area contributed by atoms with Crippen LogP contribution < -0.4 is 22.1 Å². The van der Waals surface area contributed by atoms with Gasteiger partial charge in [0.15, 0.2) is 53.8 Å². The molecule has 3 fully saturated rings. The Morgan fingerprint density at radius 3 is 2.17 bits per heavy atom. The van der Waals surface area contributed by atoms with Gasteiger partial charge in [-0.2, -0.15) is 0 Å². The Kier molecular flexibility index (Phi) is 14.4. The molecule has 65 heavy (non-hydrogen) atoms. The van der Waals surface area contributed by atoms with Gasteiger partial charge < -0.3 is 31.6 Å². The molecule has 2 amide bonds. The van der Waals surface area contributed by atoms with Gasteiger partial charge in [-0.15, -0.1) is 9.05 Å². The van der Waals surface area contributed by atoms with Gasteiger partial charge in [0.25, 0.3) is 0 Å². The number of hydrogen-bond donors (Lipinski definition) is 4. The fraction of sp³-hybridized carbons (Fsp3) is 0.486. The summed E-state index contributed by atoms with van der Waals surface area (Å²) in [4.78, 5) is 51.9. The number of fused-ring (bicyclic) bond motifs is 4. The molecule has 2 unspecified atom stereocenters. The Morgan fingerprint density at radius 2 is 1.52 bits per heavy atom. The number of alkyl halides is 2. The quantitative estimate of drug-likeness (QED) is 0.0384. The average Bonchev–Trinajstić information content (AvgIpc) is 4.07. The first kappa shape index (κ1) is 46.0. The molecule has 344 valence electrons. The predicted molar refractivity (Wildman–Crippen MR) is 226 cm³/mol. The molecule has 6 N–H and O–H groups in total. The summed E-state index contributed by atoms with van der Waals surface area (Å²) in [5.74, 6) is -0.764. The Labute approximate surface area is 370 Å². The number of nitrogens with two attached hydrogens (primary N) is 2. The molecule has 0 saturated carbocycles. The molecule has 0 spiro atoms. The third-order valence-electron chi connectivity index (χ3n) is 10.4. The van der Waals surface area contributed by atoms with E-state index in [1.54, 1.807) is 24.3 Å². The first-order valence-corrected chi connectivity index (χ1v) is 24.1. The molecule has 7 heterocycles. The van der Waals surface area contributed by atoms with Crippen molar-refractivity contribution in [1.29, 1.82) is 0 Å². The number of rotatable bonds is 14. The number of aromatic nitrogens is 8. The third kappa shape index (κ3) is 10.5. The van der Waals surface area contributed by atoms with E-state index in [1.165, 1.54) is 21.8 Å². The van der Waals surface area contributed by atoms with E-state index in [4.69, 9.17) is 44.6 Å². The van der Waals surface area contributed by atoms with Gasteiger partial charge in [-0.1, -0.05) is 23.7 Å². The lowest BCUT2D eigenvalue weighted by Gasteiger charge is -2.26. The Morgan fingerprint density at radius 1 is 0.892 bits per heavy atom. The van der Waals surface area contributed by atoms with Gasteiger partial charge in [-0.25, -0.2) is 43.2 Å². The van der Waals surface area contributed by atoms with Crippen molar-refractivity contribution in [3.8, 4) is 0 Å². The lowest BCUT2D eigenvalue weighted by molar-refractivity contribution is -0.124. The SMILES string of the molecule is [N-]=[N+]=NCCCCCC(=O)NCC(=O)Nc1ccc(CS[P@]2(=O)OCC3O[C@@H](n4cnc5c(N)ncnc54)[C@H](F)[C@@H]3O[P+](=O)OC[C@H]3O[C@@H](n4cnc5c(N)ncnc54)[C@H](F)[C@@H]3O2)cc1. The minimum atomic E-state index is -4.52. The first-order chi connectivity index (χ1) is 31.4. The van der Waals surface area contributed by atoms with E-state index in [2.05, 4.69) is 50.6 Å². The number of hydrogen-bond acceptors (Lipinski definition) is 20. The minimum absolute atomic E-state index is 0.0272. The second-order valence-corrected chi connectivity index (χ2v) is 19.6. The van der Waals surface area contributed by atoms with Crippen LogP contribution in [0.2, 0.25) is 0 Å². The van der Waals surface area contributed by atoms with Crippen molar-refractivity contribution in [3.63, 3.8) is 0 Å². The Bertz CT molecular complexity index is 2650. The summed E-state index contributed by atoms with van der Waals surface area (Å²) in [6.07, 6.45) is -6.25. The number of anilines is 3. The highest BCUT2D eigenvalue weighted by Gasteiger charge is 2.56. The summed E-state index contributed by atoms with van der Waals surface area (Å²) in [6.45, 7) is -5.74. The van der Waals surface area contributed by atoms with Crippen LogP contribution in [0.5, 0.6) is 0 Å². The number of benzene rings is 1. The van der Waals surface area contributed by atoms with Crippen LogP contribution in [0.25, 0.3) is 32.8 Å². The molecule has 3 aliphatic rings. The Hall–Kier alpha value is -5.53. The van der Waals surface area contributed by atoms with E-state index >= 15 is 8.78 Å². The minimum Gasteiger partial charge on any atom is -0.382 e. The molecule has 0 aliphatic carbocycles. The van der Waals surface area contributed by atoms with Gasteiger partial charge in [0.05, 0.1) is 25.8 Å². The lowest BCUT2D eigenvalue weighted by Crippen LogP contribution is -2.36. The summed E-state index contributed by atoms with van der Waals surface area (Å²) in [5, 5.41) is 8.69. The van der Waals surface area contributed by atoms with Crippen molar-refractivity contribution in [3.05, 3.63) is 65.6 Å². The molecule has 4 aromatic heterocycles. The number of amides is 2. The molecule has 5 aromatic rings. The number of carbonyl (C=O) groups is 2. The molecule has 0 bridgehead atoms. The number of nitrogens with zero attached hydrogens (tertiary/aromatic N) is 11. The molecule has 0 radical (unpaired) electrons. The van der Waals surface area contributed by atoms with Crippen molar-refractivity contribution in [2.75, 3.05) is 43.1 Å². The molecular formula is C35H40F2N15O10P2S+. The second kappa shape index (κ2) is 20.3. The zero-order valence-electron chi connectivity index (χ0n) is 33.8. The monoisotopic (exact) mass is 962 g/mol. The van der Waals surface area contributed by atoms with Gasteiger partial charge in [0.1, 0.15) is 48.6 Å². The van der Waals surface area contributed by atoms with E-state index in [0.29, 0.717) is 48.4 Å². The van der Waals surface area contributed by atoms with E-state index in [-0.39, 0.29) is 58.6 Å². The van der Waals surface area contributed by atoms with Crippen LogP contribution >= 0.6 is 26.4 Å². The largest absolute Gasteiger partial charge is 0.697 e. The standard InChI is InChI=1S/C35H39F2N15O10P2S/c36-24-28-21(60-34(24)51-16-46-26-30(38)42-14-44-32(26)51)12-58-64(56,65-13-18-5-7-19(8-6-18)49-23(54)10-41-22(53)4-2-1-3-9-48-50-40)62-29-20(11-57-63(55)61-28)59-35(25(29)37)52-17-47-27-31(39)43-15-45-33(27)52/h5-8,14-17,20-21,24-25,28-29,34-35H,1-4,9-13H2,(H5-,38,39,41,42,43,44,45,49,53,54)/p+1/t20-,21?,24-,25-,28-,29-,34-,35-,64-/m1/s1. The zero-order valence-corrected chi connectivity index (χ0v) is 36.4. The van der Waals surface area contributed by atoms with Crippen molar-refractivity contribution in [1.82, 2.24) is 44.4 Å². The van der Waals surface area contributed by atoms with Gasteiger partial charge in [-0.05, 0) is 47.5 Å². The summed E-state index contributed by atoms with van der Waals surface area (Å²) >= 11 is 0.680. The summed E-state index contributed by atoms with van der Waals surface area (Å²) in [6, 6.07) is 6.43. The van der Waals surface area contributed by atoms with Crippen molar-refractivity contribution >= 4 is 77.9 Å². The number of halogens is 2. The van der Waals surface area contributed by atoms with Gasteiger partial charge in [0, 0.05) is 33.9 Å². The van der Waals surface area contributed by atoms with Crippen LogP contribution in [0.4, 0.5) is 26.1 Å². The van der Waals surface area contributed by atoms with E-state index in [1.807, 2.05) is 0 Å². The van der Waals surface area contributed by atoms with Gasteiger partial charge in [-0.3, -0.25) is 27.8 Å². The molecule has 30 heteroatoms. The first-order valence-electron chi connectivity index (χ1n) is 19.9. The van der Waals surface area contributed by atoms with Gasteiger partial charge >= 0.3 is 15.1 Å². The number of nitrogens with one attached hydrogen (secondary N) is 2. The number of ether oxygens (including phenoxy) is 2. The highest BCUT2D eigenvalue weighted by atomic mass is 32.7. The fourth-order valence-corrected chi connectivity index (χ4v) is 11.3. The van der Waals surface area contributed by atoms with Crippen molar-refractivity contribution in [2.45, 2.75) is 80.7 Å². The summed E-state index contributed by atoms with van der Waals surface area (Å²) < 4.78 is 99.0. The third-order valence-corrected chi connectivity index (χ3v) is 14.8. The second-order valence-electron chi connectivity index (χ2n) is 14.6. The van der Waals surface area contributed by atoms with Crippen molar-refractivity contribution < 1.29 is 55.1 Å². The summed E-state index contributed by atoms with van der Waals surface area (Å²) in [7, 11) is -3.11. The molecule has 25 nitrogen and oxygen atoms in total. The number of unbranched alkanes of at least 4 members (excludes halogenated alkanes) is 2. The number of nitrogen functional groups attached to an aromatic ring is 2. The maximum absolute atomic E-state index is 16.7. The number of imidazole rings is 2. The zero-order chi connectivity index (χ0) is 45.7. The maximum Gasteiger partial charge on any atom is 0.697 e. The highest BCUT2D eigenvalue weighted by Crippen LogP contribution is 2.64. The Balaban J connectivity index is 0.981. The van der Waals surface area contributed by atoms with Crippen LogP contribution in [0.3, 0.4) is 0 Å². The van der Waals surface area contributed by atoms with Crippen LogP contribution in [-0.2, 0) is 52.0 Å². The molecular weight excluding hydrogens is 922 g/mol. The predicted octanol–water partition coefficient (Wildman–Crippen LogP) is 4.74. The average molecular weight is 963 g/mol. The van der Waals surface area contributed by atoms with Crippen LogP contribution in [0.1, 0.15) is 43.7 Å². The normalized spacial score (nSPS) is 27.6. The molecule has 10 atom stereocenters. The smallest absolute Gasteiger partial charge is 0.382 e. The van der Waals surface area contributed by atoms with Crippen LogP contribution in [0, 0.1) is 0 Å². The van der Waals surface area contributed by atoms with E-state index < -0.39 is 83.4 Å². The maximum atomic E-state index is 16.7. The molecule has 1 aromatic carbocycles. The highest BCUT2D eigenvalue weighted by molar-refractivity contribution is 8.54. The van der Waals surface area contributed by atoms with Gasteiger partial charge in [0.2, 0.25) is 11.8 Å². The van der Waals surface area contributed by atoms with Crippen LogP contribution in [-0.4, -0.2) is 114 Å². The van der Waals surface area contributed by atoms with Crippen molar-refractivity contribution in [2.24, 2.45) is 5.11 Å². The lowest BCUT2D eigenvalue weighted by atomic mass is 10.1. The molecule has 3 saturated heterocycles. The molecule has 8 rings (SSSR count). The number of carbonyl (C=O) groups excluding carboxylic acids is 2. The summed E-state index contributed by atoms with van der Waals surface area (Å²) in [5.41, 5.74) is 21.8. The fourth-order valence-electron chi connectivity index (χ4n) is 7.14. The topological polar surface area (TPSA) is 336 Å².